The number of sulfonamides is 1. The standard InChI is InChI=1S/C12H18N2O3S/c1-8(9-3-4-9)14-11-7-10(18(13,15)16)5-6-12(11)17-2/h5-9,14H,3-4H2,1-2H3,(H2,13,15,16). The molecule has 1 fully saturated rings. The van der Waals surface area contributed by atoms with Gasteiger partial charge in [0.05, 0.1) is 17.7 Å². The summed E-state index contributed by atoms with van der Waals surface area (Å²) in [6.45, 7) is 2.08. The number of anilines is 1. The molecule has 0 amide bonds. The monoisotopic (exact) mass is 270 g/mol. The van der Waals surface area contributed by atoms with Crippen molar-refractivity contribution < 1.29 is 13.2 Å². The van der Waals surface area contributed by atoms with Crippen LogP contribution >= 0.6 is 0 Å². The quantitative estimate of drug-likeness (QED) is 0.850. The second kappa shape index (κ2) is 4.78. The van der Waals surface area contributed by atoms with Gasteiger partial charge in [0.25, 0.3) is 0 Å². The number of benzene rings is 1. The van der Waals surface area contributed by atoms with Crippen molar-refractivity contribution in [2.24, 2.45) is 11.1 Å². The van der Waals surface area contributed by atoms with Crippen LogP contribution in [0.2, 0.25) is 0 Å². The van der Waals surface area contributed by atoms with E-state index in [1.165, 1.54) is 25.0 Å². The summed E-state index contributed by atoms with van der Waals surface area (Å²) < 4.78 is 27.9. The van der Waals surface area contributed by atoms with Crippen molar-refractivity contribution in [2.75, 3.05) is 12.4 Å². The van der Waals surface area contributed by atoms with Crippen LogP contribution in [0.5, 0.6) is 5.75 Å². The number of hydrogen-bond donors (Lipinski definition) is 2. The molecule has 1 unspecified atom stereocenters. The molecule has 1 aromatic carbocycles. The van der Waals surface area contributed by atoms with E-state index in [1.54, 1.807) is 13.2 Å². The predicted molar refractivity (Wildman–Crippen MR) is 70.2 cm³/mol. The van der Waals surface area contributed by atoms with Gasteiger partial charge in [-0.1, -0.05) is 0 Å². The number of nitrogens with one attached hydrogen (secondary N) is 1. The van der Waals surface area contributed by atoms with Crippen LogP contribution in [-0.2, 0) is 10.0 Å². The normalized spacial score (nSPS) is 17.3. The van der Waals surface area contributed by atoms with Crippen molar-refractivity contribution in [1.82, 2.24) is 0 Å². The first-order valence-corrected chi connectivity index (χ1v) is 7.44. The van der Waals surface area contributed by atoms with E-state index in [0.717, 1.165) is 0 Å². The average Bonchev–Trinajstić information content (AvgIpc) is 3.11. The third kappa shape index (κ3) is 2.94. The molecule has 5 nitrogen and oxygen atoms in total. The zero-order chi connectivity index (χ0) is 13.3. The molecule has 0 aliphatic heterocycles. The summed E-state index contributed by atoms with van der Waals surface area (Å²) in [5.41, 5.74) is 0.670. The number of primary sulfonamides is 1. The first-order valence-electron chi connectivity index (χ1n) is 5.89. The first kappa shape index (κ1) is 13.2. The fraction of sp³-hybridized carbons (Fsp3) is 0.500. The second-order valence-corrected chi connectivity index (χ2v) is 6.24. The fourth-order valence-electron chi connectivity index (χ4n) is 1.94. The SMILES string of the molecule is COc1ccc(S(N)(=O)=O)cc1NC(C)C1CC1. The highest BCUT2D eigenvalue weighted by molar-refractivity contribution is 7.89. The summed E-state index contributed by atoms with van der Waals surface area (Å²) in [5, 5.41) is 8.41. The highest BCUT2D eigenvalue weighted by atomic mass is 32.2. The van der Waals surface area contributed by atoms with E-state index in [4.69, 9.17) is 9.88 Å². The lowest BCUT2D eigenvalue weighted by molar-refractivity contribution is 0.415. The molecule has 100 valence electrons. The van der Waals surface area contributed by atoms with Gasteiger partial charge in [-0.05, 0) is 43.9 Å². The van der Waals surface area contributed by atoms with Gasteiger partial charge in [0.15, 0.2) is 0 Å². The Morgan fingerprint density at radius 3 is 2.61 bits per heavy atom. The van der Waals surface area contributed by atoms with Gasteiger partial charge in [-0.25, -0.2) is 13.6 Å². The van der Waals surface area contributed by atoms with Gasteiger partial charge in [0.1, 0.15) is 5.75 Å². The third-order valence-corrected chi connectivity index (χ3v) is 4.12. The Hall–Kier alpha value is -1.27. The number of rotatable bonds is 5. The molecule has 3 N–H and O–H groups in total. The molecular weight excluding hydrogens is 252 g/mol. The molecule has 0 radical (unpaired) electrons. The Balaban J connectivity index is 2.29. The second-order valence-electron chi connectivity index (χ2n) is 4.68. The van der Waals surface area contributed by atoms with Crippen molar-refractivity contribution in [3.05, 3.63) is 18.2 Å². The molecule has 0 spiro atoms. The maximum Gasteiger partial charge on any atom is 0.238 e. The largest absolute Gasteiger partial charge is 0.495 e. The van der Waals surface area contributed by atoms with E-state index in [1.807, 2.05) is 0 Å². The highest BCUT2D eigenvalue weighted by Gasteiger charge is 2.28. The van der Waals surface area contributed by atoms with E-state index in [9.17, 15) is 8.42 Å². The van der Waals surface area contributed by atoms with Gasteiger partial charge < -0.3 is 10.1 Å². The zero-order valence-electron chi connectivity index (χ0n) is 10.5. The lowest BCUT2D eigenvalue weighted by atomic mass is 10.2. The van der Waals surface area contributed by atoms with E-state index < -0.39 is 10.0 Å². The number of ether oxygens (including phenoxy) is 1. The number of hydrogen-bond acceptors (Lipinski definition) is 4. The van der Waals surface area contributed by atoms with Crippen molar-refractivity contribution in [2.45, 2.75) is 30.7 Å². The van der Waals surface area contributed by atoms with Gasteiger partial charge >= 0.3 is 0 Å². The lowest BCUT2D eigenvalue weighted by Gasteiger charge is -2.17. The van der Waals surface area contributed by atoms with Gasteiger partial charge in [0, 0.05) is 6.04 Å². The van der Waals surface area contributed by atoms with Gasteiger partial charge in [-0.2, -0.15) is 0 Å². The summed E-state index contributed by atoms with van der Waals surface area (Å²) in [6, 6.07) is 4.88. The Bertz CT molecular complexity index is 538. The van der Waals surface area contributed by atoms with Gasteiger partial charge in [-0.3, -0.25) is 0 Å². The Kier molecular flexibility index (Phi) is 3.49. The van der Waals surface area contributed by atoms with Gasteiger partial charge in [0.2, 0.25) is 10.0 Å². The summed E-state index contributed by atoms with van der Waals surface area (Å²) in [4.78, 5) is 0.0915. The fourth-order valence-corrected chi connectivity index (χ4v) is 2.48. The molecule has 1 aliphatic rings. The van der Waals surface area contributed by atoms with E-state index in [2.05, 4.69) is 12.2 Å². The van der Waals surface area contributed by atoms with Crippen LogP contribution in [-0.4, -0.2) is 21.6 Å². The lowest BCUT2D eigenvalue weighted by Crippen LogP contribution is -2.19. The van der Waals surface area contributed by atoms with E-state index in [0.29, 0.717) is 23.4 Å². The Morgan fingerprint density at radius 2 is 2.11 bits per heavy atom. The van der Waals surface area contributed by atoms with Crippen molar-refractivity contribution in [3.63, 3.8) is 0 Å². The maximum atomic E-state index is 11.3. The molecular formula is C12H18N2O3S. The van der Waals surface area contributed by atoms with Crippen LogP contribution in [0, 0.1) is 5.92 Å². The molecule has 0 aromatic heterocycles. The topological polar surface area (TPSA) is 81.4 Å². The maximum absolute atomic E-state index is 11.3. The molecule has 6 heteroatoms. The van der Waals surface area contributed by atoms with Crippen LogP contribution in [0.1, 0.15) is 19.8 Å². The smallest absolute Gasteiger partial charge is 0.238 e. The zero-order valence-corrected chi connectivity index (χ0v) is 11.3. The van der Waals surface area contributed by atoms with Crippen molar-refractivity contribution in [3.8, 4) is 5.75 Å². The number of methoxy groups -OCH3 is 1. The molecule has 0 saturated heterocycles. The predicted octanol–water partition coefficient (Wildman–Crippen LogP) is 1.55. The number of nitrogens with two attached hydrogens (primary N) is 1. The first-order chi connectivity index (χ1) is 8.41. The molecule has 0 bridgehead atoms. The molecule has 1 atom stereocenters. The molecule has 0 heterocycles. The van der Waals surface area contributed by atoms with Gasteiger partial charge in [-0.15, -0.1) is 0 Å². The van der Waals surface area contributed by atoms with Crippen LogP contribution in [0.4, 0.5) is 5.69 Å². The Morgan fingerprint density at radius 1 is 1.44 bits per heavy atom. The van der Waals surface area contributed by atoms with E-state index >= 15 is 0 Å². The van der Waals surface area contributed by atoms with E-state index in [-0.39, 0.29) is 4.90 Å². The summed E-state index contributed by atoms with van der Waals surface area (Å²) in [7, 11) is -2.13. The minimum atomic E-state index is -3.69. The molecule has 1 aromatic rings. The summed E-state index contributed by atoms with van der Waals surface area (Å²) in [6.07, 6.45) is 2.43. The molecule has 1 saturated carbocycles. The molecule has 2 rings (SSSR count). The van der Waals surface area contributed by atoms with Crippen LogP contribution in [0.15, 0.2) is 23.1 Å². The van der Waals surface area contributed by atoms with Crippen LogP contribution in [0.25, 0.3) is 0 Å². The average molecular weight is 270 g/mol. The Labute approximate surface area is 107 Å². The molecule has 1 aliphatic carbocycles. The van der Waals surface area contributed by atoms with Crippen LogP contribution in [0.3, 0.4) is 0 Å². The van der Waals surface area contributed by atoms with Crippen molar-refractivity contribution in [1.29, 1.82) is 0 Å². The van der Waals surface area contributed by atoms with Crippen LogP contribution < -0.4 is 15.2 Å². The minimum absolute atomic E-state index is 0.0915. The third-order valence-electron chi connectivity index (χ3n) is 3.21. The summed E-state index contributed by atoms with van der Waals surface area (Å²) in [5.74, 6) is 1.28. The highest BCUT2D eigenvalue weighted by Crippen LogP contribution is 2.36. The van der Waals surface area contributed by atoms with Crippen molar-refractivity contribution >= 4 is 15.7 Å². The molecule has 18 heavy (non-hydrogen) atoms. The summed E-state index contributed by atoms with van der Waals surface area (Å²) >= 11 is 0. The minimum Gasteiger partial charge on any atom is -0.495 e.